The van der Waals surface area contributed by atoms with Gasteiger partial charge in [0.25, 0.3) is 0 Å². The molecule has 1 fully saturated rings. The van der Waals surface area contributed by atoms with Gasteiger partial charge in [0.05, 0.1) is 17.8 Å². The van der Waals surface area contributed by atoms with Gasteiger partial charge in [0.2, 0.25) is 0 Å². The number of hydrogen-bond acceptors (Lipinski definition) is 5. The number of benzene rings is 1. The normalized spacial score (nSPS) is 16.5. The predicted octanol–water partition coefficient (Wildman–Crippen LogP) is 3.57. The number of thiazole rings is 1. The fourth-order valence-electron chi connectivity index (χ4n) is 3.70. The molecular weight excluding hydrogens is 408 g/mol. The van der Waals surface area contributed by atoms with Crippen molar-refractivity contribution in [2.24, 2.45) is 4.99 Å². The number of nitrogens with one attached hydrogen (secondary N) is 2. The van der Waals surface area contributed by atoms with Gasteiger partial charge in [0.15, 0.2) is 5.96 Å². The molecule has 1 aliphatic rings. The molecule has 3 rings (SSSR count). The number of hydrogen-bond donors (Lipinski definition) is 2. The number of aliphatic imine (C=N–C) groups is 1. The molecule has 0 aliphatic carbocycles. The zero-order chi connectivity index (χ0) is 20.7. The molecule has 1 aliphatic heterocycles. The first-order valence-corrected chi connectivity index (χ1v) is 11.1. The van der Waals surface area contributed by atoms with Gasteiger partial charge in [0.1, 0.15) is 5.75 Å². The Hall–Kier alpha value is -1.83. The minimum Gasteiger partial charge on any atom is -0.496 e. The van der Waals surface area contributed by atoms with Gasteiger partial charge in [-0.2, -0.15) is 0 Å². The topological polar surface area (TPSA) is 67.8 Å². The summed E-state index contributed by atoms with van der Waals surface area (Å²) in [5.41, 5.74) is 2.11. The van der Waals surface area contributed by atoms with Crippen LogP contribution in [-0.4, -0.2) is 51.4 Å². The van der Waals surface area contributed by atoms with E-state index in [1.165, 1.54) is 0 Å². The van der Waals surface area contributed by atoms with Gasteiger partial charge >= 0.3 is 0 Å². The Kier molecular flexibility index (Phi) is 7.75. The molecule has 29 heavy (non-hydrogen) atoms. The van der Waals surface area contributed by atoms with E-state index in [1.54, 1.807) is 25.5 Å². The third-order valence-electron chi connectivity index (χ3n) is 5.34. The molecule has 2 N–H and O–H groups in total. The van der Waals surface area contributed by atoms with E-state index in [0.717, 1.165) is 60.3 Å². The molecule has 0 unspecified atom stereocenters. The smallest absolute Gasteiger partial charge is 0.191 e. The molecule has 8 heteroatoms. The standard InChI is InChI=1S/C21H29ClN4O2S/c1-15-26-17(13-29-15)6-9-24-20(23-2)25-14-21(7-10-28-11-8-21)18-12-16(22)4-5-19(18)27-3/h4-5,12-13H,6-11,14H2,1-3H3,(H2,23,24,25). The van der Waals surface area contributed by atoms with E-state index < -0.39 is 0 Å². The zero-order valence-electron chi connectivity index (χ0n) is 17.3. The van der Waals surface area contributed by atoms with Gasteiger partial charge < -0.3 is 20.1 Å². The molecule has 2 heterocycles. The number of halogens is 1. The number of ether oxygens (including phenoxy) is 2. The molecular formula is C21H29ClN4O2S. The molecule has 158 valence electrons. The van der Waals surface area contributed by atoms with Gasteiger partial charge in [-0.25, -0.2) is 4.98 Å². The summed E-state index contributed by atoms with van der Waals surface area (Å²) in [5.74, 6) is 1.64. The van der Waals surface area contributed by atoms with Crippen molar-refractivity contribution in [3.05, 3.63) is 44.9 Å². The molecule has 6 nitrogen and oxygen atoms in total. The predicted molar refractivity (Wildman–Crippen MR) is 120 cm³/mol. The largest absolute Gasteiger partial charge is 0.496 e. The number of nitrogens with zero attached hydrogens (tertiary/aromatic N) is 2. The Bertz CT molecular complexity index is 834. The van der Waals surface area contributed by atoms with E-state index in [9.17, 15) is 0 Å². The lowest BCUT2D eigenvalue weighted by Crippen LogP contribution is -2.48. The summed E-state index contributed by atoms with van der Waals surface area (Å²) in [5, 5.41) is 10.8. The van der Waals surface area contributed by atoms with E-state index in [-0.39, 0.29) is 5.41 Å². The van der Waals surface area contributed by atoms with Crippen molar-refractivity contribution in [3.63, 3.8) is 0 Å². The van der Waals surface area contributed by atoms with Crippen LogP contribution in [0.2, 0.25) is 5.02 Å². The van der Waals surface area contributed by atoms with Crippen molar-refractivity contribution in [1.82, 2.24) is 15.6 Å². The van der Waals surface area contributed by atoms with Crippen LogP contribution in [0.1, 0.15) is 29.1 Å². The number of guanidine groups is 1. The van der Waals surface area contributed by atoms with E-state index in [2.05, 4.69) is 26.0 Å². The van der Waals surface area contributed by atoms with E-state index in [1.807, 2.05) is 25.1 Å². The van der Waals surface area contributed by atoms with Gasteiger partial charge in [0, 0.05) is 61.2 Å². The third kappa shape index (κ3) is 5.62. The summed E-state index contributed by atoms with van der Waals surface area (Å²) in [7, 11) is 3.49. The van der Waals surface area contributed by atoms with Crippen LogP contribution in [0.3, 0.4) is 0 Å². The van der Waals surface area contributed by atoms with Crippen molar-refractivity contribution in [3.8, 4) is 5.75 Å². The molecule has 0 saturated carbocycles. The molecule has 1 aromatic carbocycles. The first-order chi connectivity index (χ1) is 14.1. The lowest BCUT2D eigenvalue weighted by atomic mass is 9.73. The molecule has 0 atom stereocenters. The monoisotopic (exact) mass is 436 g/mol. The Morgan fingerprint density at radius 2 is 2.14 bits per heavy atom. The fraction of sp³-hybridized carbons (Fsp3) is 0.524. The van der Waals surface area contributed by atoms with Crippen LogP contribution in [0.15, 0.2) is 28.6 Å². The van der Waals surface area contributed by atoms with Gasteiger partial charge in [-0.15, -0.1) is 11.3 Å². The highest BCUT2D eigenvalue weighted by molar-refractivity contribution is 7.09. The number of methoxy groups -OCH3 is 1. The summed E-state index contributed by atoms with van der Waals surface area (Å²) in [6.45, 7) is 4.96. The quantitative estimate of drug-likeness (QED) is 0.513. The van der Waals surface area contributed by atoms with Crippen LogP contribution < -0.4 is 15.4 Å². The van der Waals surface area contributed by atoms with E-state index in [0.29, 0.717) is 18.2 Å². The van der Waals surface area contributed by atoms with Crippen molar-refractivity contribution in [2.45, 2.75) is 31.6 Å². The maximum atomic E-state index is 6.33. The van der Waals surface area contributed by atoms with E-state index >= 15 is 0 Å². The average molecular weight is 437 g/mol. The van der Waals surface area contributed by atoms with Crippen molar-refractivity contribution in [2.75, 3.05) is 40.5 Å². The Morgan fingerprint density at radius 1 is 1.34 bits per heavy atom. The molecule has 0 spiro atoms. The molecule has 0 amide bonds. The second kappa shape index (κ2) is 10.3. The van der Waals surface area contributed by atoms with Crippen molar-refractivity contribution < 1.29 is 9.47 Å². The van der Waals surface area contributed by atoms with E-state index in [4.69, 9.17) is 21.1 Å². The van der Waals surface area contributed by atoms with Gasteiger partial charge in [-0.05, 0) is 38.0 Å². The van der Waals surface area contributed by atoms with Crippen molar-refractivity contribution >= 4 is 28.9 Å². The summed E-state index contributed by atoms with van der Waals surface area (Å²) < 4.78 is 11.3. The Labute approximate surface area is 181 Å². The van der Waals surface area contributed by atoms with Gasteiger partial charge in [-0.1, -0.05) is 11.6 Å². The minimum atomic E-state index is -0.127. The average Bonchev–Trinajstić information content (AvgIpc) is 3.16. The number of aromatic nitrogens is 1. The maximum absolute atomic E-state index is 6.33. The summed E-state index contributed by atoms with van der Waals surface area (Å²) in [4.78, 5) is 8.89. The second-order valence-electron chi connectivity index (χ2n) is 7.20. The highest BCUT2D eigenvalue weighted by atomic mass is 35.5. The molecule has 1 aromatic heterocycles. The highest BCUT2D eigenvalue weighted by Crippen LogP contribution is 2.40. The number of aryl methyl sites for hydroxylation is 1. The number of rotatable bonds is 7. The summed E-state index contributed by atoms with van der Waals surface area (Å²) in [6, 6.07) is 5.83. The minimum absolute atomic E-state index is 0.127. The lowest BCUT2D eigenvalue weighted by molar-refractivity contribution is 0.0505. The zero-order valence-corrected chi connectivity index (χ0v) is 18.8. The lowest BCUT2D eigenvalue weighted by Gasteiger charge is -2.39. The summed E-state index contributed by atoms with van der Waals surface area (Å²) >= 11 is 8.01. The van der Waals surface area contributed by atoms with Crippen LogP contribution in [-0.2, 0) is 16.6 Å². The molecule has 2 aromatic rings. The highest BCUT2D eigenvalue weighted by Gasteiger charge is 2.37. The summed E-state index contributed by atoms with van der Waals surface area (Å²) in [6.07, 6.45) is 2.66. The molecule has 0 radical (unpaired) electrons. The van der Waals surface area contributed by atoms with Crippen LogP contribution >= 0.6 is 22.9 Å². The second-order valence-corrected chi connectivity index (χ2v) is 8.70. The van der Waals surface area contributed by atoms with Crippen LogP contribution in [0.5, 0.6) is 5.75 Å². The Balaban J connectivity index is 1.67. The molecule has 1 saturated heterocycles. The van der Waals surface area contributed by atoms with Crippen LogP contribution in [0.4, 0.5) is 0 Å². The SMILES string of the molecule is CN=C(NCCc1csc(C)n1)NCC1(c2cc(Cl)ccc2OC)CCOCC1. The molecule has 0 bridgehead atoms. The van der Waals surface area contributed by atoms with Crippen molar-refractivity contribution in [1.29, 1.82) is 0 Å². The maximum Gasteiger partial charge on any atom is 0.191 e. The third-order valence-corrected chi connectivity index (χ3v) is 6.40. The van der Waals surface area contributed by atoms with Crippen LogP contribution in [0.25, 0.3) is 0 Å². The first-order valence-electron chi connectivity index (χ1n) is 9.83. The first kappa shape index (κ1) is 21.9. The van der Waals surface area contributed by atoms with Crippen LogP contribution in [0, 0.1) is 6.92 Å². The fourth-order valence-corrected chi connectivity index (χ4v) is 4.52. The Morgan fingerprint density at radius 3 is 2.79 bits per heavy atom. The van der Waals surface area contributed by atoms with Gasteiger partial charge in [-0.3, -0.25) is 4.99 Å².